The lowest BCUT2D eigenvalue weighted by Gasteiger charge is -2.20. The number of hydrogen-bond acceptors (Lipinski definition) is 4. The van der Waals surface area contributed by atoms with Gasteiger partial charge >= 0.3 is 0 Å². The average Bonchev–Trinajstić information content (AvgIpc) is 3.10. The van der Waals surface area contributed by atoms with Gasteiger partial charge in [-0.2, -0.15) is 5.10 Å². The highest BCUT2D eigenvalue weighted by molar-refractivity contribution is 6.04. The van der Waals surface area contributed by atoms with E-state index in [2.05, 4.69) is 15.4 Å². The number of hydrogen-bond donors (Lipinski definition) is 1. The predicted molar refractivity (Wildman–Crippen MR) is 107 cm³/mol. The molecule has 1 saturated carbocycles. The third-order valence-electron chi connectivity index (χ3n) is 5.40. The van der Waals surface area contributed by atoms with Crippen LogP contribution in [0.2, 0.25) is 0 Å². The lowest BCUT2D eigenvalue weighted by Crippen LogP contribution is -2.15. The van der Waals surface area contributed by atoms with Gasteiger partial charge in [0, 0.05) is 30.5 Å². The van der Waals surface area contributed by atoms with Gasteiger partial charge in [-0.1, -0.05) is 0 Å². The first kappa shape index (κ1) is 19.9. The Hall–Kier alpha value is -3.42. The third kappa shape index (κ3) is 3.98. The smallest absolute Gasteiger partial charge is 0.259 e. The van der Waals surface area contributed by atoms with Gasteiger partial charge in [0.05, 0.1) is 29.3 Å². The number of aromatic nitrogens is 3. The van der Waals surface area contributed by atoms with Gasteiger partial charge in [0.25, 0.3) is 5.91 Å². The zero-order chi connectivity index (χ0) is 21.3. The molecular weight excluding hydrogens is 390 g/mol. The second-order valence-corrected chi connectivity index (χ2v) is 7.39. The van der Waals surface area contributed by atoms with E-state index in [1.165, 1.54) is 16.9 Å². The number of carbonyl (C=O) groups is 2. The zero-order valence-corrected chi connectivity index (χ0v) is 16.4. The summed E-state index contributed by atoms with van der Waals surface area (Å²) in [4.78, 5) is 28.5. The van der Waals surface area contributed by atoms with Crippen molar-refractivity contribution in [3.05, 3.63) is 71.3 Å². The number of pyridine rings is 1. The van der Waals surface area contributed by atoms with Crippen LogP contribution in [0.5, 0.6) is 0 Å². The van der Waals surface area contributed by atoms with Crippen LogP contribution in [-0.4, -0.2) is 26.5 Å². The largest absolute Gasteiger partial charge is 0.320 e. The number of nitrogens with one attached hydrogen (secondary N) is 1. The number of benzene rings is 1. The van der Waals surface area contributed by atoms with E-state index >= 15 is 0 Å². The van der Waals surface area contributed by atoms with Crippen LogP contribution in [0.1, 0.15) is 53.3 Å². The lowest BCUT2D eigenvalue weighted by molar-refractivity contribution is -0.120. The van der Waals surface area contributed by atoms with E-state index in [0.717, 1.165) is 30.7 Å². The number of Topliss-reactive ketones (excluding diaryl/α,β-unsaturated/α-hetero) is 1. The fourth-order valence-corrected chi connectivity index (χ4v) is 3.68. The molecule has 0 unspecified atom stereocenters. The summed E-state index contributed by atoms with van der Waals surface area (Å²) < 4.78 is 28.5. The molecule has 30 heavy (non-hydrogen) atoms. The van der Waals surface area contributed by atoms with Gasteiger partial charge in [0.15, 0.2) is 5.82 Å². The molecule has 2 heterocycles. The minimum atomic E-state index is -0.766. The van der Waals surface area contributed by atoms with Gasteiger partial charge in [-0.15, -0.1) is 0 Å². The Morgan fingerprint density at radius 3 is 2.57 bits per heavy atom. The van der Waals surface area contributed by atoms with Crippen LogP contribution in [0.3, 0.4) is 0 Å². The van der Waals surface area contributed by atoms with Crippen LogP contribution in [0.4, 0.5) is 14.5 Å². The maximum absolute atomic E-state index is 14.1. The molecule has 2 aromatic heterocycles. The van der Waals surface area contributed by atoms with Crippen molar-refractivity contribution < 1.29 is 18.4 Å². The summed E-state index contributed by atoms with van der Waals surface area (Å²) in [5, 5.41) is 6.83. The molecule has 6 nitrogen and oxygen atoms in total. The van der Waals surface area contributed by atoms with Gasteiger partial charge in [-0.25, -0.2) is 13.5 Å². The molecule has 0 spiro atoms. The standard InChI is InChI=1S/C22H20F2N4O2/c1-13-18(12-26-28(13)21-9-4-15(23)10-19(21)24)22(30)27-16-5-8-20(25-11-16)14-2-6-17(29)7-3-14/h4-5,8-12,14H,2-3,6-7H2,1H3,(H,27,30). The molecule has 8 heteroatoms. The highest BCUT2D eigenvalue weighted by Crippen LogP contribution is 2.30. The molecular formula is C22H20F2N4O2. The molecule has 3 aromatic rings. The maximum atomic E-state index is 14.1. The predicted octanol–water partition coefficient (Wildman–Crippen LogP) is 4.33. The van der Waals surface area contributed by atoms with E-state index in [0.29, 0.717) is 30.0 Å². The molecule has 0 radical (unpaired) electrons. The summed E-state index contributed by atoms with van der Waals surface area (Å²) in [5.74, 6) is -1.30. The maximum Gasteiger partial charge on any atom is 0.259 e. The van der Waals surface area contributed by atoms with Crippen molar-refractivity contribution in [2.75, 3.05) is 5.32 Å². The monoisotopic (exact) mass is 410 g/mol. The fraction of sp³-hybridized carbons (Fsp3) is 0.273. The van der Waals surface area contributed by atoms with Crippen LogP contribution in [0.25, 0.3) is 5.69 Å². The Balaban J connectivity index is 1.48. The first-order valence-electron chi connectivity index (χ1n) is 9.71. The topological polar surface area (TPSA) is 76.9 Å². The molecule has 1 aliphatic carbocycles. The molecule has 0 bridgehead atoms. The van der Waals surface area contributed by atoms with Crippen LogP contribution in [-0.2, 0) is 4.79 Å². The highest BCUT2D eigenvalue weighted by Gasteiger charge is 2.21. The van der Waals surface area contributed by atoms with Gasteiger partial charge in [-0.3, -0.25) is 14.6 Å². The lowest BCUT2D eigenvalue weighted by atomic mass is 9.86. The molecule has 4 rings (SSSR count). The van der Waals surface area contributed by atoms with Crippen molar-refractivity contribution in [3.63, 3.8) is 0 Å². The van der Waals surface area contributed by atoms with Crippen molar-refractivity contribution in [1.29, 1.82) is 0 Å². The van der Waals surface area contributed by atoms with Gasteiger partial charge in [-0.05, 0) is 44.0 Å². The molecule has 0 saturated heterocycles. The molecule has 0 aliphatic heterocycles. The average molecular weight is 410 g/mol. The second kappa shape index (κ2) is 8.14. The number of amides is 1. The summed E-state index contributed by atoms with van der Waals surface area (Å²) >= 11 is 0. The third-order valence-corrected chi connectivity index (χ3v) is 5.40. The number of rotatable bonds is 4. The summed E-state index contributed by atoms with van der Waals surface area (Å²) in [6, 6.07) is 6.81. The minimum absolute atomic E-state index is 0.0601. The highest BCUT2D eigenvalue weighted by atomic mass is 19.1. The van der Waals surface area contributed by atoms with E-state index in [1.807, 2.05) is 6.07 Å². The van der Waals surface area contributed by atoms with Crippen LogP contribution in [0.15, 0.2) is 42.7 Å². The quantitative estimate of drug-likeness (QED) is 0.694. The SMILES string of the molecule is Cc1c(C(=O)Nc2ccc(C3CCC(=O)CC3)nc2)cnn1-c1ccc(F)cc1F. The Labute approximate surface area is 171 Å². The van der Waals surface area contributed by atoms with E-state index in [-0.39, 0.29) is 17.2 Å². The number of anilines is 1. The molecule has 1 aliphatic rings. The van der Waals surface area contributed by atoms with E-state index in [4.69, 9.17) is 0 Å². The Morgan fingerprint density at radius 1 is 1.13 bits per heavy atom. The minimum Gasteiger partial charge on any atom is -0.320 e. The first-order valence-corrected chi connectivity index (χ1v) is 9.71. The summed E-state index contributed by atoms with van der Waals surface area (Å²) in [6.07, 6.45) is 5.70. The summed E-state index contributed by atoms with van der Waals surface area (Å²) in [5.41, 5.74) is 2.19. The fourth-order valence-electron chi connectivity index (χ4n) is 3.68. The molecule has 0 atom stereocenters. The van der Waals surface area contributed by atoms with Crippen LogP contribution >= 0.6 is 0 Å². The van der Waals surface area contributed by atoms with Crippen molar-refractivity contribution in [3.8, 4) is 5.69 Å². The zero-order valence-electron chi connectivity index (χ0n) is 16.4. The van der Waals surface area contributed by atoms with Crippen molar-refractivity contribution >= 4 is 17.4 Å². The van der Waals surface area contributed by atoms with Crippen molar-refractivity contribution in [1.82, 2.24) is 14.8 Å². The Kier molecular flexibility index (Phi) is 5.39. The van der Waals surface area contributed by atoms with E-state index < -0.39 is 17.5 Å². The molecule has 1 aromatic carbocycles. The van der Waals surface area contributed by atoms with Gasteiger partial charge in [0.2, 0.25) is 0 Å². The molecule has 1 amide bonds. The van der Waals surface area contributed by atoms with Gasteiger partial charge in [0.1, 0.15) is 17.3 Å². The first-order chi connectivity index (χ1) is 14.4. The number of nitrogens with zero attached hydrogens (tertiary/aromatic N) is 3. The van der Waals surface area contributed by atoms with Crippen molar-refractivity contribution in [2.45, 2.75) is 38.5 Å². The van der Waals surface area contributed by atoms with Crippen LogP contribution in [0, 0.1) is 18.6 Å². The normalized spacial score (nSPS) is 14.7. The number of carbonyl (C=O) groups excluding carboxylic acids is 2. The second-order valence-electron chi connectivity index (χ2n) is 7.39. The molecule has 1 fully saturated rings. The van der Waals surface area contributed by atoms with Crippen molar-refractivity contribution in [2.24, 2.45) is 0 Å². The van der Waals surface area contributed by atoms with E-state index in [1.54, 1.807) is 19.2 Å². The number of ketones is 1. The van der Waals surface area contributed by atoms with Gasteiger partial charge < -0.3 is 5.32 Å². The summed E-state index contributed by atoms with van der Waals surface area (Å²) in [7, 11) is 0. The number of halogens is 2. The molecule has 1 N–H and O–H groups in total. The summed E-state index contributed by atoms with van der Waals surface area (Å²) in [6.45, 7) is 1.64. The Morgan fingerprint density at radius 2 is 1.90 bits per heavy atom. The van der Waals surface area contributed by atoms with E-state index in [9.17, 15) is 18.4 Å². The Bertz CT molecular complexity index is 1100. The molecule has 154 valence electrons. The van der Waals surface area contributed by atoms with Crippen LogP contribution < -0.4 is 5.32 Å².